The first-order chi connectivity index (χ1) is 6.72. The summed E-state index contributed by atoms with van der Waals surface area (Å²) in [4.78, 5) is 2.54. The number of hydrogen-bond donors (Lipinski definition) is 1. The van der Waals surface area contributed by atoms with Crippen LogP contribution in [0.25, 0.3) is 0 Å². The minimum absolute atomic E-state index is 0.472. The van der Waals surface area contributed by atoms with E-state index in [1.807, 2.05) is 0 Å². The summed E-state index contributed by atoms with van der Waals surface area (Å²) >= 11 is 0. The second-order valence-corrected chi connectivity index (χ2v) is 4.50. The molecule has 0 amide bonds. The molecule has 0 radical (unpaired) electrons. The quantitative estimate of drug-likeness (QED) is 0.691. The Morgan fingerprint density at radius 1 is 1.57 bits per heavy atom. The van der Waals surface area contributed by atoms with E-state index in [1.165, 1.54) is 26.1 Å². The van der Waals surface area contributed by atoms with Gasteiger partial charge in [0.05, 0.1) is 6.61 Å². The minimum Gasteiger partial charge on any atom is -0.383 e. The molecular weight excluding hydrogens is 176 g/mol. The van der Waals surface area contributed by atoms with Crippen LogP contribution in [0.3, 0.4) is 0 Å². The lowest BCUT2D eigenvalue weighted by Gasteiger charge is -2.18. The Balaban J connectivity index is 1.98. The van der Waals surface area contributed by atoms with Crippen LogP contribution in [0.2, 0.25) is 0 Å². The van der Waals surface area contributed by atoms with Crippen molar-refractivity contribution in [3.8, 4) is 0 Å². The van der Waals surface area contributed by atoms with Crippen LogP contribution >= 0.6 is 0 Å². The highest BCUT2D eigenvalue weighted by atomic mass is 16.5. The van der Waals surface area contributed by atoms with Crippen molar-refractivity contribution in [1.29, 1.82) is 0 Å². The van der Waals surface area contributed by atoms with Gasteiger partial charge in [-0.15, -0.1) is 0 Å². The lowest BCUT2D eigenvalue weighted by atomic mass is 10.2. The Morgan fingerprint density at radius 2 is 2.36 bits per heavy atom. The van der Waals surface area contributed by atoms with Crippen LogP contribution in [0.4, 0.5) is 0 Å². The van der Waals surface area contributed by atoms with Crippen LogP contribution in [0.15, 0.2) is 0 Å². The van der Waals surface area contributed by atoms with Crippen LogP contribution < -0.4 is 5.32 Å². The summed E-state index contributed by atoms with van der Waals surface area (Å²) in [6.45, 7) is 10.1. The molecule has 0 aromatic heterocycles. The van der Waals surface area contributed by atoms with Crippen molar-refractivity contribution >= 4 is 0 Å². The average Bonchev–Trinajstić information content (AvgIpc) is 2.52. The van der Waals surface area contributed by atoms with Gasteiger partial charge in [0.15, 0.2) is 0 Å². The molecule has 3 nitrogen and oxygen atoms in total. The van der Waals surface area contributed by atoms with Crippen LogP contribution in [0, 0.1) is 5.92 Å². The van der Waals surface area contributed by atoms with Crippen molar-refractivity contribution in [2.24, 2.45) is 5.92 Å². The highest BCUT2D eigenvalue weighted by Gasteiger charge is 2.17. The molecule has 14 heavy (non-hydrogen) atoms. The van der Waals surface area contributed by atoms with Gasteiger partial charge in [-0.1, -0.05) is 6.92 Å². The third-order valence-corrected chi connectivity index (χ3v) is 2.85. The maximum Gasteiger partial charge on any atom is 0.0613 e. The monoisotopic (exact) mass is 200 g/mol. The van der Waals surface area contributed by atoms with Crippen LogP contribution in [0.5, 0.6) is 0 Å². The molecule has 0 bridgehead atoms. The molecule has 1 aliphatic rings. The summed E-state index contributed by atoms with van der Waals surface area (Å²) in [5.41, 5.74) is 0. The van der Waals surface area contributed by atoms with Gasteiger partial charge in [-0.2, -0.15) is 0 Å². The molecule has 2 unspecified atom stereocenters. The Bertz CT molecular complexity index is 152. The van der Waals surface area contributed by atoms with Gasteiger partial charge in [-0.05, 0) is 25.8 Å². The van der Waals surface area contributed by atoms with Crippen molar-refractivity contribution in [1.82, 2.24) is 10.2 Å². The summed E-state index contributed by atoms with van der Waals surface area (Å²) in [7, 11) is 1.75. The van der Waals surface area contributed by atoms with E-state index >= 15 is 0 Å². The van der Waals surface area contributed by atoms with Gasteiger partial charge in [0, 0.05) is 32.8 Å². The van der Waals surface area contributed by atoms with Gasteiger partial charge >= 0.3 is 0 Å². The van der Waals surface area contributed by atoms with Crippen LogP contribution in [-0.4, -0.2) is 50.8 Å². The molecule has 3 heteroatoms. The van der Waals surface area contributed by atoms with E-state index in [9.17, 15) is 0 Å². The van der Waals surface area contributed by atoms with Gasteiger partial charge < -0.3 is 15.0 Å². The maximum absolute atomic E-state index is 5.07. The van der Waals surface area contributed by atoms with E-state index in [0.717, 1.165) is 19.1 Å². The summed E-state index contributed by atoms with van der Waals surface area (Å²) < 4.78 is 5.07. The number of nitrogens with zero attached hydrogens (tertiary/aromatic N) is 1. The van der Waals surface area contributed by atoms with Crippen LogP contribution in [0.1, 0.15) is 20.3 Å². The first-order valence-corrected chi connectivity index (χ1v) is 5.67. The normalized spacial score (nSPS) is 25.5. The lowest BCUT2D eigenvalue weighted by molar-refractivity contribution is 0.170. The molecule has 1 saturated heterocycles. The molecule has 0 aromatic rings. The van der Waals surface area contributed by atoms with Gasteiger partial charge in [0.1, 0.15) is 0 Å². The maximum atomic E-state index is 5.07. The van der Waals surface area contributed by atoms with E-state index < -0.39 is 0 Å². The first-order valence-electron chi connectivity index (χ1n) is 5.67. The predicted octanol–water partition coefficient (Wildman–Crippen LogP) is 0.953. The zero-order chi connectivity index (χ0) is 10.4. The molecule has 84 valence electrons. The highest BCUT2D eigenvalue weighted by Crippen LogP contribution is 2.13. The van der Waals surface area contributed by atoms with Crippen LogP contribution in [-0.2, 0) is 4.74 Å². The summed E-state index contributed by atoms with van der Waals surface area (Å²) in [5.74, 6) is 0.895. The van der Waals surface area contributed by atoms with Crippen molar-refractivity contribution in [2.45, 2.75) is 26.3 Å². The number of methoxy groups -OCH3 is 1. The Kier molecular flexibility index (Phi) is 5.45. The number of ether oxygens (including phenoxy) is 1. The molecule has 0 saturated carbocycles. The predicted molar refractivity (Wildman–Crippen MR) is 59.6 cm³/mol. The van der Waals surface area contributed by atoms with Crippen molar-refractivity contribution in [3.63, 3.8) is 0 Å². The Labute approximate surface area is 87.8 Å². The van der Waals surface area contributed by atoms with Gasteiger partial charge in [0.2, 0.25) is 0 Å². The summed E-state index contributed by atoms with van der Waals surface area (Å²) in [6.07, 6.45) is 1.37. The third-order valence-electron chi connectivity index (χ3n) is 2.85. The van der Waals surface area contributed by atoms with Gasteiger partial charge in [-0.3, -0.25) is 0 Å². The first kappa shape index (κ1) is 12.0. The van der Waals surface area contributed by atoms with E-state index in [-0.39, 0.29) is 0 Å². The zero-order valence-corrected chi connectivity index (χ0v) is 9.75. The molecule has 1 fully saturated rings. The van der Waals surface area contributed by atoms with Crippen molar-refractivity contribution < 1.29 is 4.74 Å². The standard InChI is InChI=1S/C11H24N2O/c1-10-4-6-13(8-10)7-5-12-11(2)9-14-3/h10-12H,4-9H2,1-3H3. The zero-order valence-electron chi connectivity index (χ0n) is 9.75. The van der Waals surface area contributed by atoms with Gasteiger partial charge in [0.25, 0.3) is 0 Å². The largest absolute Gasteiger partial charge is 0.383 e. The number of rotatable bonds is 6. The fraction of sp³-hybridized carbons (Fsp3) is 1.00. The third kappa shape index (κ3) is 4.40. The summed E-state index contributed by atoms with van der Waals surface area (Å²) in [5, 5.41) is 3.46. The Morgan fingerprint density at radius 3 is 2.93 bits per heavy atom. The molecule has 1 aliphatic heterocycles. The molecular formula is C11H24N2O. The average molecular weight is 200 g/mol. The lowest BCUT2D eigenvalue weighted by Crippen LogP contribution is -2.37. The Hall–Kier alpha value is -0.120. The second kappa shape index (κ2) is 6.38. The van der Waals surface area contributed by atoms with Crippen molar-refractivity contribution in [2.75, 3.05) is 39.9 Å². The fourth-order valence-corrected chi connectivity index (χ4v) is 2.01. The highest BCUT2D eigenvalue weighted by molar-refractivity contribution is 4.73. The number of hydrogen-bond acceptors (Lipinski definition) is 3. The molecule has 2 atom stereocenters. The van der Waals surface area contributed by atoms with E-state index in [1.54, 1.807) is 7.11 Å². The molecule has 1 rings (SSSR count). The van der Waals surface area contributed by atoms with Gasteiger partial charge in [-0.25, -0.2) is 0 Å². The van der Waals surface area contributed by atoms with E-state index in [0.29, 0.717) is 6.04 Å². The smallest absolute Gasteiger partial charge is 0.0613 e. The SMILES string of the molecule is COCC(C)NCCN1CCC(C)C1. The van der Waals surface area contributed by atoms with E-state index in [4.69, 9.17) is 4.74 Å². The molecule has 0 spiro atoms. The number of likely N-dealkylation sites (tertiary alicyclic amines) is 1. The van der Waals surface area contributed by atoms with E-state index in [2.05, 4.69) is 24.1 Å². The molecule has 0 aromatic carbocycles. The molecule has 0 aliphatic carbocycles. The van der Waals surface area contributed by atoms with Crippen molar-refractivity contribution in [3.05, 3.63) is 0 Å². The molecule has 1 N–H and O–H groups in total. The number of nitrogens with one attached hydrogen (secondary N) is 1. The minimum atomic E-state index is 0.472. The fourth-order valence-electron chi connectivity index (χ4n) is 2.01. The second-order valence-electron chi connectivity index (χ2n) is 4.50. The molecule has 1 heterocycles. The topological polar surface area (TPSA) is 24.5 Å². The summed E-state index contributed by atoms with van der Waals surface area (Å²) in [6, 6.07) is 0.472.